The minimum atomic E-state index is 0.279. The standard InChI is InChI=1S/C24H24BrClN6O/c1-15-9-17(11-27)10-16(2)22(15)33-23-20(25)12-29-24(31-23)30-19-4-7-32(8-5-19)14-18-3-6-28-13-21(18)26/h3,6,9-10,12-13,19H,4-5,7-8,14H2,1-2H3,(H,29,30,31). The Balaban J connectivity index is 1.39. The Hall–Kier alpha value is -2.73. The number of benzene rings is 1. The summed E-state index contributed by atoms with van der Waals surface area (Å²) in [4.78, 5) is 15.5. The van der Waals surface area contributed by atoms with E-state index < -0.39 is 0 Å². The number of anilines is 1. The highest BCUT2D eigenvalue weighted by Crippen LogP contribution is 2.33. The Labute approximate surface area is 206 Å². The second-order valence-corrected chi connectivity index (χ2v) is 9.42. The Morgan fingerprint density at radius 2 is 1.97 bits per heavy atom. The molecule has 0 amide bonds. The molecule has 9 heteroatoms. The minimum Gasteiger partial charge on any atom is -0.437 e. The number of aryl methyl sites for hydroxylation is 2. The van der Waals surface area contributed by atoms with Crippen molar-refractivity contribution in [2.45, 2.75) is 39.3 Å². The third-order valence-electron chi connectivity index (χ3n) is 5.67. The van der Waals surface area contributed by atoms with Crippen molar-refractivity contribution in [2.75, 3.05) is 18.4 Å². The number of nitrogens with one attached hydrogen (secondary N) is 1. The summed E-state index contributed by atoms with van der Waals surface area (Å²) >= 11 is 9.74. The van der Waals surface area contributed by atoms with Crippen LogP contribution in [0, 0.1) is 25.2 Å². The fourth-order valence-electron chi connectivity index (χ4n) is 3.96. The van der Waals surface area contributed by atoms with Gasteiger partial charge in [0.25, 0.3) is 0 Å². The molecular formula is C24H24BrClN6O. The molecule has 0 spiro atoms. The highest BCUT2D eigenvalue weighted by atomic mass is 79.9. The molecule has 0 bridgehead atoms. The molecule has 1 aliphatic heterocycles. The molecule has 1 aliphatic rings. The van der Waals surface area contributed by atoms with Crippen molar-refractivity contribution in [1.29, 1.82) is 5.26 Å². The normalized spacial score (nSPS) is 14.6. The molecule has 4 rings (SSSR count). The van der Waals surface area contributed by atoms with Crippen LogP contribution in [0.1, 0.15) is 35.1 Å². The highest BCUT2D eigenvalue weighted by molar-refractivity contribution is 9.10. The third-order valence-corrected chi connectivity index (χ3v) is 6.56. The van der Waals surface area contributed by atoms with Crippen molar-refractivity contribution >= 4 is 33.5 Å². The van der Waals surface area contributed by atoms with E-state index in [2.05, 4.69) is 47.2 Å². The average Bonchev–Trinajstić information content (AvgIpc) is 2.80. The molecule has 2 aromatic heterocycles. The van der Waals surface area contributed by atoms with Gasteiger partial charge in [0.1, 0.15) is 5.75 Å². The molecule has 1 saturated heterocycles. The summed E-state index contributed by atoms with van der Waals surface area (Å²) in [6, 6.07) is 8.04. The smallest absolute Gasteiger partial charge is 0.238 e. The second kappa shape index (κ2) is 10.5. The average molecular weight is 528 g/mol. The first-order chi connectivity index (χ1) is 15.9. The predicted molar refractivity (Wildman–Crippen MR) is 132 cm³/mol. The van der Waals surface area contributed by atoms with E-state index in [4.69, 9.17) is 21.6 Å². The lowest BCUT2D eigenvalue weighted by Gasteiger charge is -2.32. The summed E-state index contributed by atoms with van der Waals surface area (Å²) in [6.07, 6.45) is 7.12. The van der Waals surface area contributed by atoms with Gasteiger partial charge in [-0.3, -0.25) is 9.88 Å². The largest absolute Gasteiger partial charge is 0.437 e. The SMILES string of the molecule is Cc1cc(C#N)cc(C)c1Oc1nc(NC2CCN(Cc3ccncc3Cl)CC2)ncc1Br. The lowest BCUT2D eigenvalue weighted by atomic mass is 10.0. The summed E-state index contributed by atoms with van der Waals surface area (Å²) < 4.78 is 6.79. The van der Waals surface area contributed by atoms with Gasteiger partial charge in [-0.25, -0.2) is 4.98 Å². The number of likely N-dealkylation sites (tertiary alicyclic amines) is 1. The molecule has 7 nitrogen and oxygen atoms in total. The molecule has 3 heterocycles. The lowest BCUT2D eigenvalue weighted by Crippen LogP contribution is -2.39. The van der Waals surface area contributed by atoms with Gasteiger partial charge in [0.15, 0.2) is 0 Å². The molecule has 1 fully saturated rings. The number of nitrogens with zero attached hydrogens (tertiary/aromatic N) is 5. The summed E-state index contributed by atoms with van der Waals surface area (Å²) in [7, 11) is 0. The number of piperidine rings is 1. The van der Waals surface area contributed by atoms with Gasteiger partial charge in [0.2, 0.25) is 11.8 Å². The first-order valence-corrected chi connectivity index (χ1v) is 11.9. The number of ether oxygens (including phenoxy) is 1. The maximum absolute atomic E-state index is 9.17. The molecule has 0 aliphatic carbocycles. The first kappa shape index (κ1) is 23.4. The zero-order valence-corrected chi connectivity index (χ0v) is 20.8. The number of hydrogen-bond acceptors (Lipinski definition) is 7. The molecule has 1 N–H and O–H groups in total. The van der Waals surface area contributed by atoms with Gasteiger partial charge in [0.05, 0.1) is 27.3 Å². The van der Waals surface area contributed by atoms with Crippen LogP contribution in [-0.4, -0.2) is 39.0 Å². The Morgan fingerprint density at radius 1 is 1.24 bits per heavy atom. The van der Waals surface area contributed by atoms with E-state index in [1.165, 1.54) is 0 Å². The maximum Gasteiger partial charge on any atom is 0.238 e. The van der Waals surface area contributed by atoms with Gasteiger partial charge in [0, 0.05) is 38.1 Å². The van der Waals surface area contributed by atoms with Crippen LogP contribution in [-0.2, 0) is 6.54 Å². The zero-order valence-electron chi connectivity index (χ0n) is 18.5. The van der Waals surface area contributed by atoms with E-state index in [9.17, 15) is 0 Å². The number of nitriles is 1. The zero-order chi connectivity index (χ0) is 23.4. The quantitative estimate of drug-likeness (QED) is 0.443. The van der Waals surface area contributed by atoms with Crippen LogP contribution in [0.25, 0.3) is 0 Å². The Bertz CT molecular complexity index is 1170. The predicted octanol–water partition coefficient (Wildman–Crippen LogP) is 5.64. The van der Waals surface area contributed by atoms with Crippen molar-refractivity contribution in [1.82, 2.24) is 19.9 Å². The van der Waals surface area contributed by atoms with E-state index in [-0.39, 0.29) is 6.04 Å². The summed E-state index contributed by atoms with van der Waals surface area (Å²) in [5.41, 5.74) is 3.48. The van der Waals surface area contributed by atoms with Gasteiger partial charge in [-0.15, -0.1) is 0 Å². The van der Waals surface area contributed by atoms with Gasteiger partial charge in [-0.2, -0.15) is 10.2 Å². The number of hydrogen-bond donors (Lipinski definition) is 1. The fraction of sp³-hybridized carbons (Fsp3) is 0.333. The number of halogens is 2. The number of pyridine rings is 1. The molecule has 0 saturated carbocycles. The second-order valence-electron chi connectivity index (χ2n) is 8.16. The Kier molecular flexibility index (Phi) is 7.43. The van der Waals surface area contributed by atoms with Crippen molar-refractivity contribution in [2.24, 2.45) is 0 Å². The monoisotopic (exact) mass is 526 g/mol. The topological polar surface area (TPSA) is 87.0 Å². The van der Waals surface area contributed by atoms with Crippen LogP contribution in [0.4, 0.5) is 5.95 Å². The fourth-order valence-corrected chi connectivity index (χ4v) is 4.41. The van der Waals surface area contributed by atoms with Crippen LogP contribution in [0.3, 0.4) is 0 Å². The molecule has 3 aromatic rings. The van der Waals surface area contributed by atoms with Crippen LogP contribution in [0.2, 0.25) is 5.02 Å². The molecular weight excluding hydrogens is 504 g/mol. The molecule has 33 heavy (non-hydrogen) atoms. The molecule has 0 radical (unpaired) electrons. The summed E-state index contributed by atoms with van der Waals surface area (Å²) in [5, 5.41) is 13.3. The van der Waals surface area contributed by atoms with Gasteiger partial charge in [-0.1, -0.05) is 11.6 Å². The minimum absolute atomic E-state index is 0.279. The van der Waals surface area contributed by atoms with Gasteiger partial charge < -0.3 is 10.1 Å². The van der Waals surface area contributed by atoms with E-state index in [1.54, 1.807) is 18.6 Å². The van der Waals surface area contributed by atoms with Gasteiger partial charge >= 0.3 is 0 Å². The van der Waals surface area contributed by atoms with Crippen molar-refractivity contribution < 1.29 is 4.74 Å². The maximum atomic E-state index is 9.17. The summed E-state index contributed by atoms with van der Waals surface area (Å²) in [6.45, 7) is 6.58. The lowest BCUT2D eigenvalue weighted by molar-refractivity contribution is 0.211. The molecule has 1 aromatic carbocycles. The highest BCUT2D eigenvalue weighted by Gasteiger charge is 2.21. The first-order valence-electron chi connectivity index (χ1n) is 10.7. The molecule has 0 unspecified atom stereocenters. The number of rotatable bonds is 6. The van der Waals surface area contributed by atoms with Crippen molar-refractivity contribution in [3.05, 3.63) is 68.5 Å². The van der Waals surface area contributed by atoms with E-state index in [1.807, 2.05) is 32.0 Å². The summed E-state index contributed by atoms with van der Waals surface area (Å²) in [5.74, 6) is 1.67. The van der Waals surface area contributed by atoms with Crippen molar-refractivity contribution in [3.63, 3.8) is 0 Å². The van der Waals surface area contributed by atoms with Crippen LogP contribution in [0.15, 0.2) is 41.3 Å². The molecule has 170 valence electrons. The number of aromatic nitrogens is 3. The van der Waals surface area contributed by atoms with Crippen LogP contribution >= 0.6 is 27.5 Å². The van der Waals surface area contributed by atoms with Gasteiger partial charge in [-0.05, 0) is 77.5 Å². The van der Waals surface area contributed by atoms with Crippen LogP contribution < -0.4 is 10.1 Å². The van der Waals surface area contributed by atoms with Crippen LogP contribution in [0.5, 0.6) is 11.6 Å². The third kappa shape index (κ3) is 5.80. The Morgan fingerprint density at radius 3 is 2.64 bits per heavy atom. The molecule has 0 atom stereocenters. The van der Waals surface area contributed by atoms with E-state index >= 15 is 0 Å². The van der Waals surface area contributed by atoms with Crippen molar-refractivity contribution in [3.8, 4) is 17.7 Å². The van der Waals surface area contributed by atoms with E-state index in [0.717, 1.165) is 49.2 Å². The van der Waals surface area contributed by atoms with E-state index in [0.29, 0.717) is 32.6 Å².